The van der Waals surface area contributed by atoms with Crippen molar-refractivity contribution in [3.63, 3.8) is 0 Å². The van der Waals surface area contributed by atoms with Crippen molar-refractivity contribution in [1.82, 2.24) is 20.1 Å². The molecule has 1 unspecified atom stereocenters. The summed E-state index contributed by atoms with van der Waals surface area (Å²) < 4.78 is 1.43. The maximum atomic E-state index is 11.4. The van der Waals surface area contributed by atoms with Crippen LogP contribution in [0.25, 0.3) is 0 Å². The maximum Gasteiger partial charge on any atom is 0.252 e. The molecule has 0 fully saturated rings. The second kappa shape index (κ2) is 3.68. The predicted molar refractivity (Wildman–Crippen MR) is 51.0 cm³/mol. The van der Waals surface area contributed by atoms with Crippen LogP contribution in [0.4, 0.5) is 5.95 Å². The van der Waals surface area contributed by atoms with Crippen LogP contribution in [-0.4, -0.2) is 33.1 Å². The van der Waals surface area contributed by atoms with Gasteiger partial charge in [0.05, 0.1) is 6.42 Å². The molecule has 7 nitrogen and oxygen atoms in total. The van der Waals surface area contributed by atoms with Gasteiger partial charge < -0.3 is 5.32 Å². The number of amides is 2. The zero-order valence-corrected chi connectivity index (χ0v) is 8.23. The van der Waals surface area contributed by atoms with Gasteiger partial charge in [-0.25, -0.2) is 4.68 Å². The van der Waals surface area contributed by atoms with Crippen LogP contribution in [0.2, 0.25) is 0 Å². The van der Waals surface area contributed by atoms with Crippen molar-refractivity contribution >= 4 is 17.8 Å². The van der Waals surface area contributed by atoms with Crippen molar-refractivity contribution in [2.75, 3.05) is 11.9 Å². The molecule has 0 radical (unpaired) electrons. The molecule has 1 aromatic rings. The molecule has 0 saturated heterocycles. The highest BCUT2D eigenvalue weighted by Gasteiger charge is 2.33. The van der Waals surface area contributed by atoms with Crippen LogP contribution in [0.3, 0.4) is 0 Å². The van der Waals surface area contributed by atoms with E-state index in [4.69, 9.17) is 0 Å². The maximum absolute atomic E-state index is 11.4. The lowest BCUT2D eigenvalue weighted by Gasteiger charge is -2.07. The van der Waals surface area contributed by atoms with Gasteiger partial charge in [-0.1, -0.05) is 0 Å². The second-order valence-electron chi connectivity index (χ2n) is 3.19. The van der Waals surface area contributed by atoms with Crippen molar-refractivity contribution in [2.24, 2.45) is 0 Å². The quantitative estimate of drug-likeness (QED) is 0.688. The zero-order chi connectivity index (χ0) is 10.8. The Kier molecular flexibility index (Phi) is 2.36. The van der Waals surface area contributed by atoms with E-state index in [1.807, 2.05) is 6.92 Å². The standard InChI is InChI=1S/C8H11N5O2/c1-2-9-6(14)3-5-7(15)12-8-10-4-11-13(5)8/h4-5H,2-3H2,1H3,(H,9,14)(H,10,11,12,15). The number of carbonyl (C=O) groups excluding carboxylic acids is 2. The van der Waals surface area contributed by atoms with Crippen LogP contribution in [0.15, 0.2) is 6.33 Å². The summed E-state index contributed by atoms with van der Waals surface area (Å²) in [4.78, 5) is 26.6. The molecular formula is C8H11N5O2. The van der Waals surface area contributed by atoms with E-state index in [2.05, 4.69) is 20.7 Å². The Morgan fingerprint density at radius 3 is 3.27 bits per heavy atom. The first-order chi connectivity index (χ1) is 7.22. The number of anilines is 1. The van der Waals surface area contributed by atoms with E-state index in [-0.39, 0.29) is 18.2 Å². The number of hydrogen-bond acceptors (Lipinski definition) is 4. The molecular weight excluding hydrogens is 198 g/mol. The first-order valence-electron chi connectivity index (χ1n) is 4.69. The molecule has 0 aromatic carbocycles. The Morgan fingerprint density at radius 1 is 1.73 bits per heavy atom. The minimum absolute atomic E-state index is 0.0933. The summed E-state index contributed by atoms with van der Waals surface area (Å²) >= 11 is 0. The predicted octanol–water partition coefficient (Wildman–Crippen LogP) is -0.703. The van der Waals surface area contributed by atoms with E-state index in [0.29, 0.717) is 12.5 Å². The third-order valence-electron chi connectivity index (χ3n) is 2.16. The summed E-state index contributed by atoms with van der Waals surface area (Å²) in [7, 11) is 0. The molecule has 1 aromatic heterocycles. The Bertz CT molecular complexity index is 399. The third-order valence-corrected chi connectivity index (χ3v) is 2.16. The van der Waals surface area contributed by atoms with Gasteiger partial charge >= 0.3 is 0 Å². The van der Waals surface area contributed by atoms with Gasteiger partial charge in [0.2, 0.25) is 11.9 Å². The van der Waals surface area contributed by atoms with E-state index in [0.717, 1.165) is 0 Å². The van der Waals surface area contributed by atoms with E-state index in [1.54, 1.807) is 0 Å². The Morgan fingerprint density at radius 2 is 2.53 bits per heavy atom. The SMILES string of the molecule is CCNC(=O)CC1C(=O)Nc2ncnn21. The summed E-state index contributed by atoms with van der Waals surface area (Å²) in [5.74, 6) is -0.00727. The first-order valence-corrected chi connectivity index (χ1v) is 4.69. The highest BCUT2D eigenvalue weighted by Crippen LogP contribution is 2.23. The van der Waals surface area contributed by atoms with E-state index in [1.165, 1.54) is 11.0 Å². The average Bonchev–Trinajstić information content (AvgIpc) is 2.71. The van der Waals surface area contributed by atoms with Crippen LogP contribution in [0.5, 0.6) is 0 Å². The molecule has 2 heterocycles. The molecule has 0 saturated carbocycles. The molecule has 1 atom stereocenters. The van der Waals surface area contributed by atoms with Gasteiger partial charge in [0.1, 0.15) is 12.4 Å². The lowest BCUT2D eigenvalue weighted by atomic mass is 10.2. The monoisotopic (exact) mass is 209 g/mol. The van der Waals surface area contributed by atoms with Crippen molar-refractivity contribution in [1.29, 1.82) is 0 Å². The Balaban J connectivity index is 2.10. The second-order valence-corrected chi connectivity index (χ2v) is 3.19. The van der Waals surface area contributed by atoms with Gasteiger partial charge in [-0.15, -0.1) is 0 Å². The number of fused-ring (bicyclic) bond motifs is 1. The molecule has 80 valence electrons. The molecule has 2 rings (SSSR count). The Labute approximate surface area is 85.9 Å². The van der Waals surface area contributed by atoms with Gasteiger partial charge in [0, 0.05) is 6.54 Å². The van der Waals surface area contributed by atoms with Crippen LogP contribution < -0.4 is 10.6 Å². The van der Waals surface area contributed by atoms with Crippen LogP contribution in [-0.2, 0) is 9.59 Å². The van der Waals surface area contributed by atoms with Crippen LogP contribution >= 0.6 is 0 Å². The minimum atomic E-state index is -0.575. The summed E-state index contributed by atoms with van der Waals surface area (Å²) in [5, 5.41) is 9.06. The number of carbonyl (C=O) groups is 2. The first kappa shape index (κ1) is 9.63. The van der Waals surface area contributed by atoms with E-state index in [9.17, 15) is 9.59 Å². The van der Waals surface area contributed by atoms with Crippen molar-refractivity contribution in [3.8, 4) is 0 Å². The molecule has 1 aliphatic rings. The average molecular weight is 209 g/mol. The van der Waals surface area contributed by atoms with Gasteiger partial charge in [-0.3, -0.25) is 14.9 Å². The fourth-order valence-electron chi connectivity index (χ4n) is 1.50. The van der Waals surface area contributed by atoms with Crippen molar-refractivity contribution < 1.29 is 9.59 Å². The van der Waals surface area contributed by atoms with Crippen molar-refractivity contribution in [3.05, 3.63) is 6.33 Å². The fraction of sp³-hybridized carbons (Fsp3) is 0.500. The van der Waals surface area contributed by atoms with E-state index < -0.39 is 6.04 Å². The molecule has 2 amide bonds. The minimum Gasteiger partial charge on any atom is -0.356 e. The third kappa shape index (κ3) is 1.67. The van der Waals surface area contributed by atoms with Gasteiger partial charge in [-0.2, -0.15) is 10.1 Å². The summed E-state index contributed by atoms with van der Waals surface area (Å²) in [6.07, 6.45) is 1.44. The van der Waals surface area contributed by atoms with Gasteiger partial charge in [0.15, 0.2) is 0 Å². The molecule has 0 spiro atoms. The topological polar surface area (TPSA) is 88.9 Å². The molecule has 1 aliphatic heterocycles. The molecule has 0 bridgehead atoms. The smallest absolute Gasteiger partial charge is 0.252 e. The summed E-state index contributed by atoms with van der Waals surface area (Å²) in [6.45, 7) is 2.38. The lowest BCUT2D eigenvalue weighted by molar-refractivity contribution is -0.126. The van der Waals surface area contributed by atoms with E-state index >= 15 is 0 Å². The number of aromatic nitrogens is 3. The summed E-state index contributed by atoms with van der Waals surface area (Å²) in [6, 6.07) is -0.575. The van der Waals surface area contributed by atoms with Gasteiger partial charge in [0.25, 0.3) is 5.91 Å². The molecule has 7 heteroatoms. The van der Waals surface area contributed by atoms with Crippen LogP contribution in [0, 0.1) is 0 Å². The van der Waals surface area contributed by atoms with Crippen LogP contribution in [0.1, 0.15) is 19.4 Å². The normalized spacial score (nSPS) is 18.5. The number of hydrogen-bond donors (Lipinski definition) is 2. The highest BCUT2D eigenvalue weighted by molar-refractivity contribution is 5.98. The number of nitrogens with one attached hydrogen (secondary N) is 2. The highest BCUT2D eigenvalue weighted by atomic mass is 16.2. The Hall–Kier alpha value is -1.92. The zero-order valence-electron chi connectivity index (χ0n) is 8.23. The molecule has 2 N–H and O–H groups in total. The van der Waals surface area contributed by atoms with Crippen molar-refractivity contribution in [2.45, 2.75) is 19.4 Å². The summed E-state index contributed by atoms with van der Waals surface area (Å²) in [5.41, 5.74) is 0. The number of nitrogens with zero attached hydrogens (tertiary/aromatic N) is 3. The fourth-order valence-corrected chi connectivity index (χ4v) is 1.50. The largest absolute Gasteiger partial charge is 0.356 e. The van der Waals surface area contributed by atoms with Gasteiger partial charge in [-0.05, 0) is 6.92 Å². The molecule has 0 aliphatic carbocycles. The molecule has 15 heavy (non-hydrogen) atoms. The lowest BCUT2D eigenvalue weighted by Crippen LogP contribution is -2.28. The number of rotatable bonds is 3.